The van der Waals surface area contributed by atoms with Crippen molar-refractivity contribution < 1.29 is 13.2 Å². The van der Waals surface area contributed by atoms with E-state index in [1.54, 1.807) is 0 Å². The van der Waals surface area contributed by atoms with Gasteiger partial charge in [0.25, 0.3) is 0 Å². The van der Waals surface area contributed by atoms with Gasteiger partial charge in [-0.05, 0) is 22.9 Å². The summed E-state index contributed by atoms with van der Waals surface area (Å²) in [5, 5.41) is 0. The first-order chi connectivity index (χ1) is 11.0. The number of nitrogens with one attached hydrogen (secondary N) is 1. The predicted octanol–water partition coefficient (Wildman–Crippen LogP) is 4.54. The van der Waals surface area contributed by atoms with Gasteiger partial charge in [-0.1, -0.05) is 50.1 Å². The van der Waals surface area contributed by atoms with E-state index in [1.165, 1.54) is 0 Å². The van der Waals surface area contributed by atoms with Crippen molar-refractivity contribution in [2.45, 2.75) is 38.9 Å². The molecule has 0 bridgehead atoms. The molecule has 1 aliphatic heterocycles. The highest BCUT2D eigenvalue weighted by molar-refractivity contribution is 7.86. The second-order valence-electron chi connectivity index (χ2n) is 5.18. The average molecular weight is 343 g/mol. The largest absolute Gasteiger partial charge is 0.434 e. The van der Waals surface area contributed by atoms with Gasteiger partial charge in [0, 0.05) is 11.8 Å². The molecule has 0 aromatic heterocycles. The molecule has 126 valence electrons. The number of unbranched alkanes of at least 4 members (excludes halogenated alkanes) is 2. The first kappa shape index (κ1) is 17.7. The number of amidine groups is 1. The Balaban J connectivity index is 2.13. The zero-order chi connectivity index (χ0) is 16.7. The summed E-state index contributed by atoms with van der Waals surface area (Å²) in [5.74, 6) is 0.863. The first-order valence-corrected chi connectivity index (χ1v) is 8.91. The van der Waals surface area contributed by atoms with Crippen molar-refractivity contribution in [3.8, 4) is 0 Å². The third-order valence-corrected chi connectivity index (χ3v) is 4.75. The lowest BCUT2D eigenvalue weighted by Crippen LogP contribution is -2.31. The van der Waals surface area contributed by atoms with Crippen molar-refractivity contribution in [3.05, 3.63) is 47.7 Å². The number of alkyl halides is 3. The Morgan fingerprint density at radius 2 is 1.91 bits per heavy atom. The van der Waals surface area contributed by atoms with Crippen LogP contribution in [0.4, 0.5) is 13.2 Å². The molecule has 1 aromatic carbocycles. The Labute approximate surface area is 136 Å². The Morgan fingerprint density at radius 1 is 1.17 bits per heavy atom. The molecule has 1 atom stereocenters. The summed E-state index contributed by atoms with van der Waals surface area (Å²) in [5.41, 5.74) is 0.111. The average Bonchev–Trinajstić information content (AvgIpc) is 2.53. The normalized spacial score (nSPS) is 19.9. The summed E-state index contributed by atoms with van der Waals surface area (Å²) in [4.78, 5) is 4.27. The Morgan fingerprint density at radius 3 is 2.57 bits per heavy atom. The molecule has 0 amide bonds. The van der Waals surface area contributed by atoms with Crippen LogP contribution < -0.4 is 4.72 Å². The maximum Gasteiger partial charge on any atom is 0.434 e. The Kier molecular flexibility index (Phi) is 6.38. The van der Waals surface area contributed by atoms with Crippen molar-refractivity contribution >= 4 is 16.7 Å². The number of nitrogens with zero attached hydrogens (tertiary/aromatic N) is 2. The van der Waals surface area contributed by atoms with Crippen molar-refractivity contribution in [1.82, 2.24) is 4.72 Å². The van der Waals surface area contributed by atoms with Gasteiger partial charge in [-0.15, -0.1) is 0 Å². The van der Waals surface area contributed by atoms with Gasteiger partial charge in [-0.2, -0.15) is 13.2 Å². The zero-order valence-electron chi connectivity index (χ0n) is 12.9. The third-order valence-electron chi connectivity index (χ3n) is 3.21. The number of benzene rings is 1. The minimum Gasteiger partial charge on any atom is -0.306 e. The van der Waals surface area contributed by atoms with Gasteiger partial charge in [-0.3, -0.25) is 4.99 Å². The SMILES string of the molecule is CCCCCS1=NC(C(F)(F)F)=CC(=NCc2ccccc2)N1. The number of allylic oxidation sites excluding steroid dienone is 1. The topological polar surface area (TPSA) is 36.8 Å². The summed E-state index contributed by atoms with van der Waals surface area (Å²) in [7, 11) is -0.855. The maximum atomic E-state index is 13.0. The molecule has 1 aliphatic rings. The van der Waals surface area contributed by atoms with E-state index in [9.17, 15) is 13.2 Å². The first-order valence-electron chi connectivity index (χ1n) is 7.55. The summed E-state index contributed by atoms with van der Waals surface area (Å²) >= 11 is 0. The second kappa shape index (κ2) is 8.29. The number of hydrogen-bond acceptors (Lipinski definition) is 2. The summed E-state index contributed by atoms with van der Waals surface area (Å²) < 4.78 is 45.8. The number of aliphatic imine (C=N–C) groups is 1. The molecule has 1 aromatic rings. The standard InChI is InChI=1S/C16H20F3N3S/c1-2-3-7-10-23-21-14(16(17,18)19)11-15(22-23)20-12-13-8-5-4-6-9-13/h4-6,8-9,11H,2-3,7,10,12H2,1H3,(H,20,21,22). The van der Waals surface area contributed by atoms with Crippen molar-refractivity contribution in [3.63, 3.8) is 0 Å². The lowest BCUT2D eigenvalue weighted by molar-refractivity contribution is -0.0920. The molecule has 7 heteroatoms. The van der Waals surface area contributed by atoms with Gasteiger partial charge in [0.2, 0.25) is 0 Å². The van der Waals surface area contributed by atoms with Gasteiger partial charge in [0.1, 0.15) is 5.84 Å². The van der Waals surface area contributed by atoms with E-state index in [1.807, 2.05) is 30.3 Å². The molecule has 1 heterocycles. The van der Waals surface area contributed by atoms with E-state index in [0.29, 0.717) is 12.3 Å². The van der Waals surface area contributed by atoms with Crippen molar-refractivity contribution in [2.24, 2.45) is 9.36 Å². The van der Waals surface area contributed by atoms with Crippen LogP contribution >= 0.6 is 0 Å². The van der Waals surface area contributed by atoms with Crippen LogP contribution in [0.25, 0.3) is 0 Å². The summed E-state index contributed by atoms with van der Waals surface area (Å²) in [6.45, 7) is 2.40. The smallest absolute Gasteiger partial charge is 0.306 e. The molecule has 2 rings (SSSR count). The van der Waals surface area contributed by atoms with Crippen LogP contribution in [-0.4, -0.2) is 17.8 Å². The fourth-order valence-corrected chi connectivity index (χ4v) is 3.48. The van der Waals surface area contributed by atoms with Gasteiger partial charge in [-0.25, -0.2) is 4.36 Å². The molecule has 23 heavy (non-hydrogen) atoms. The highest BCUT2D eigenvalue weighted by atomic mass is 32.2. The molecule has 3 nitrogen and oxygen atoms in total. The van der Waals surface area contributed by atoms with Crippen LogP contribution in [0.3, 0.4) is 0 Å². The van der Waals surface area contributed by atoms with Crippen LogP contribution in [-0.2, 0) is 17.4 Å². The van der Waals surface area contributed by atoms with Gasteiger partial charge < -0.3 is 4.72 Å². The van der Waals surface area contributed by atoms with Crippen LogP contribution in [0, 0.1) is 0 Å². The van der Waals surface area contributed by atoms with E-state index < -0.39 is 22.8 Å². The van der Waals surface area contributed by atoms with E-state index in [4.69, 9.17) is 0 Å². The number of hydrogen-bond donors (Lipinski definition) is 1. The summed E-state index contributed by atoms with van der Waals surface area (Å²) in [6.07, 6.45) is -0.582. The van der Waals surface area contributed by atoms with Crippen molar-refractivity contribution in [2.75, 3.05) is 5.75 Å². The van der Waals surface area contributed by atoms with Gasteiger partial charge in [0.05, 0.1) is 6.54 Å². The van der Waals surface area contributed by atoms with Crippen LogP contribution in [0.5, 0.6) is 0 Å². The molecule has 0 radical (unpaired) electrons. The van der Waals surface area contributed by atoms with Crippen molar-refractivity contribution in [1.29, 1.82) is 0 Å². The fourth-order valence-electron chi connectivity index (χ4n) is 2.00. The monoisotopic (exact) mass is 343 g/mol. The highest BCUT2D eigenvalue weighted by Crippen LogP contribution is 2.28. The molecule has 1 N–H and O–H groups in total. The maximum absolute atomic E-state index is 13.0. The third kappa shape index (κ3) is 5.82. The minimum absolute atomic E-state index is 0.260. The molecule has 1 unspecified atom stereocenters. The zero-order valence-corrected chi connectivity index (χ0v) is 13.8. The molecule has 0 spiro atoms. The second-order valence-corrected chi connectivity index (χ2v) is 6.71. The van der Waals surface area contributed by atoms with E-state index in [2.05, 4.69) is 21.0 Å². The fraction of sp³-hybridized carbons (Fsp3) is 0.438. The Hall–Kier alpha value is -1.63. The Bertz CT molecular complexity index is 607. The van der Waals surface area contributed by atoms with E-state index in [-0.39, 0.29) is 5.84 Å². The number of halogens is 3. The molecule has 0 saturated carbocycles. The predicted molar refractivity (Wildman–Crippen MR) is 89.0 cm³/mol. The van der Waals surface area contributed by atoms with E-state index >= 15 is 0 Å². The van der Waals surface area contributed by atoms with Gasteiger partial charge in [0.15, 0.2) is 5.70 Å². The lowest BCUT2D eigenvalue weighted by Gasteiger charge is -2.19. The van der Waals surface area contributed by atoms with Crippen LogP contribution in [0.15, 0.2) is 51.5 Å². The van der Waals surface area contributed by atoms with Gasteiger partial charge >= 0.3 is 6.18 Å². The molecular weight excluding hydrogens is 323 g/mol. The quantitative estimate of drug-likeness (QED) is 0.756. The van der Waals surface area contributed by atoms with E-state index in [0.717, 1.165) is 30.9 Å². The molecule has 0 fully saturated rings. The molecular formula is C16H20F3N3S. The lowest BCUT2D eigenvalue weighted by atomic mass is 10.2. The summed E-state index contributed by atoms with van der Waals surface area (Å²) in [6, 6.07) is 9.44. The number of rotatable bonds is 6. The minimum atomic E-state index is -4.44. The van der Waals surface area contributed by atoms with Crippen LogP contribution in [0.2, 0.25) is 0 Å². The molecule has 0 aliphatic carbocycles. The highest BCUT2D eigenvalue weighted by Gasteiger charge is 2.36. The molecule has 0 saturated heterocycles. The van der Waals surface area contributed by atoms with Crippen LogP contribution in [0.1, 0.15) is 31.7 Å².